The molecule has 1 aliphatic rings. The number of aryl methyl sites for hydroxylation is 1. The van der Waals surface area contributed by atoms with Crippen molar-refractivity contribution in [1.29, 1.82) is 5.26 Å². The minimum Gasteiger partial charge on any atom is -0.380 e. The summed E-state index contributed by atoms with van der Waals surface area (Å²) in [6, 6.07) is 7.62. The average molecular weight is 318 g/mol. The van der Waals surface area contributed by atoms with Gasteiger partial charge < -0.3 is 14.2 Å². The zero-order chi connectivity index (χ0) is 15.7. The second-order valence-corrected chi connectivity index (χ2v) is 5.74. The Labute approximate surface area is 133 Å². The molecule has 7 heteroatoms. The SMILES string of the molecule is CO[C@@H]1C[C@@H](c2nncn2C)N(c2ccc(C#N)c(Cl)c2)C1. The summed E-state index contributed by atoms with van der Waals surface area (Å²) in [6.45, 7) is 0.746. The molecular formula is C15H16ClN5O. The van der Waals surface area contributed by atoms with Crippen LogP contribution in [0, 0.1) is 11.3 Å². The Bertz CT molecular complexity index is 723. The van der Waals surface area contributed by atoms with Crippen molar-refractivity contribution in [3.63, 3.8) is 0 Å². The fraction of sp³-hybridized carbons (Fsp3) is 0.400. The van der Waals surface area contributed by atoms with Gasteiger partial charge in [-0.2, -0.15) is 5.26 Å². The Morgan fingerprint density at radius 1 is 1.45 bits per heavy atom. The molecule has 2 aromatic rings. The van der Waals surface area contributed by atoms with Crippen LogP contribution < -0.4 is 4.90 Å². The third kappa shape index (κ3) is 2.54. The van der Waals surface area contributed by atoms with E-state index < -0.39 is 0 Å². The number of aromatic nitrogens is 3. The van der Waals surface area contributed by atoms with Crippen LogP contribution in [0.4, 0.5) is 5.69 Å². The molecule has 1 aromatic heterocycles. The first kappa shape index (κ1) is 14.8. The van der Waals surface area contributed by atoms with Gasteiger partial charge in [-0.05, 0) is 18.2 Å². The van der Waals surface area contributed by atoms with Crippen molar-refractivity contribution in [2.75, 3.05) is 18.6 Å². The van der Waals surface area contributed by atoms with Gasteiger partial charge >= 0.3 is 0 Å². The van der Waals surface area contributed by atoms with E-state index in [4.69, 9.17) is 21.6 Å². The first-order valence-electron chi connectivity index (χ1n) is 6.97. The molecular weight excluding hydrogens is 302 g/mol. The lowest BCUT2D eigenvalue weighted by atomic mass is 10.1. The van der Waals surface area contributed by atoms with Crippen molar-refractivity contribution < 1.29 is 4.74 Å². The molecule has 0 spiro atoms. The van der Waals surface area contributed by atoms with Gasteiger partial charge in [-0.25, -0.2) is 0 Å². The highest BCUT2D eigenvalue weighted by molar-refractivity contribution is 6.32. The Morgan fingerprint density at radius 2 is 2.27 bits per heavy atom. The number of hydrogen-bond donors (Lipinski definition) is 0. The molecule has 6 nitrogen and oxygen atoms in total. The monoisotopic (exact) mass is 317 g/mol. The van der Waals surface area contributed by atoms with Gasteiger partial charge in [0.05, 0.1) is 22.7 Å². The van der Waals surface area contributed by atoms with Crippen LogP contribution in [-0.4, -0.2) is 34.5 Å². The van der Waals surface area contributed by atoms with E-state index in [9.17, 15) is 0 Å². The Balaban J connectivity index is 1.98. The van der Waals surface area contributed by atoms with Crippen LogP contribution in [0.2, 0.25) is 5.02 Å². The summed E-state index contributed by atoms with van der Waals surface area (Å²) in [5.74, 6) is 0.889. The Hall–Kier alpha value is -2.10. The number of anilines is 1. The van der Waals surface area contributed by atoms with Crippen LogP contribution in [0.15, 0.2) is 24.5 Å². The van der Waals surface area contributed by atoms with Gasteiger partial charge in [0, 0.05) is 32.8 Å². The van der Waals surface area contributed by atoms with Crippen molar-refractivity contribution >= 4 is 17.3 Å². The lowest BCUT2D eigenvalue weighted by Crippen LogP contribution is -2.26. The first-order valence-corrected chi connectivity index (χ1v) is 7.34. The first-order chi connectivity index (χ1) is 10.6. The molecule has 0 aliphatic carbocycles. The summed E-state index contributed by atoms with van der Waals surface area (Å²) in [7, 11) is 3.65. The molecule has 0 bridgehead atoms. The fourth-order valence-corrected chi connectivity index (χ4v) is 3.08. The molecule has 0 amide bonds. The third-order valence-electron chi connectivity index (χ3n) is 4.05. The van der Waals surface area contributed by atoms with Gasteiger partial charge in [0.25, 0.3) is 0 Å². The Morgan fingerprint density at radius 3 is 2.86 bits per heavy atom. The molecule has 1 saturated heterocycles. The standard InChI is InChI=1S/C15H16ClN5O/c1-20-9-18-19-15(20)14-6-12(22-2)8-21(14)11-4-3-10(7-17)13(16)5-11/h3-5,9,12,14H,6,8H2,1-2H3/t12-,14+/m1/s1. The molecule has 1 aromatic carbocycles. The van der Waals surface area contributed by atoms with Crippen molar-refractivity contribution in [3.05, 3.63) is 40.9 Å². The molecule has 1 fully saturated rings. The number of rotatable bonds is 3. The van der Waals surface area contributed by atoms with Gasteiger partial charge in [0.2, 0.25) is 0 Å². The number of nitriles is 1. The maximum Gasteiger partial charge on any atom is 0.155 e. The number of halogens is 1. The van der Waals surface area contributed by atoms with Crippen molar-refractivity contribution in [3.8, 4) is 6.07 Å². The maximum atomic E-state index is 9.00. The summed E-state index contributed by atoms with van der Waals surface area (Å²) in [6.07, 6.45) is 2.65. The molecule has 0 radical (unpaired) electrons. The van der Waals surface area contributed by atoms with Gasteiger partial charge in [0.15, 0.2) is 5.82 Å². The number of hydrogen-bond acceptors (Lipinski definition) is 5. The molecule has 2 atom stereocenters. The van der Waals surface area contributed by atoms with Crippen LogP contribution in [0.5, 0.6) is 0 Å². The smallest absolute Gasteiger partial charge is 0.155 e. The zero-order valence-corrected chi connectivity index (χ0v) is 13.2. The number of methoxy groups -OCH3 is 1. The largest absolute Gasteiger partial charge is 0.380 e. The summed E-state index contributed by atoms with van der Waals surface area (Å²) < 4.78 is 7.44. The second-order valence-electron chi connectivity index (χ2n) is 5.34. The van der Waals surface area contributed by atoms with Crippen LogP contribution in [-0.2, 0) is 11.8 Å². The van der Waals surface area contributed by atoms with Gasteiger partial charge in [-0.3, -0.25) is 0 Å². The van der Waals surface area contributed by atoms with Crippen LogP contribution in [0.3, 0.4) is 0 Å². The lowest BCUT2D eigenvalue weighted by molar-refractivity contribution is 0.118. The van der Waals surface area contributed by atoms with E-state index in [1.807, 2.05) is 23.7 Å². The predicted molar refractivity (Wildman–Crippen MR) is 82.7 cm³/mol. The van der Waals surface area contributed by atoms with Crippen LogP contribution >= 0.6 is 11.6 Å². The summed E-state index contributed by atoms with van der Waals surface area (Å²) in [5, 5.41) is 17.7. The van der Waals surface area contributed by atoms with E-state index in [2.05, 4.69) is 21.2 Å². The predicted octanol–water partition coefficient (Wildman–Crippen LogP) is 2.31. The molecule has 22 heavy (non-hydrogen) atoms. The summed E-state index contributed by atoms with van der Waals surface area (Å²) >= 11 is 6.17. The maximum absolute atomic E-state index is 9.00. The lowest BCUT2D eigenvalue weighted by Gasteiger charge is -2.26. The second kappa shape index (κ2) is 5.95. The van der Waals surface area contributed by atoms with E-state index in [1.165, 1.54) is 0 Å². The fourth-order valence-electron chi connectivity index (χ4n) is 2.87. The van der Waals surface area contributed by atoms with E-state index >= 15 is 0 Å². The summed E-state index contributed by atoms with van der Waals surface area (Å²) in [5.41, 5.74) is 1.43. The number of benzene rings is 1. The van der Waals surface area contributed by atoms with Crippen LogP contribution in [0.1, 0.15) is 23.9 Å². The molecule has 114 valence electrons. The van der Waals surface area contributed by atoms with Gasteiger partial charge in [-0.1, -0.05) is 11.6 Å². The highest BCUT2D eigenvalue weighted by Gasteiger charge is 2.36. The normalized spacial score (nSPS) is 21.1. The highest BCUT2D eigenvalue weighted by atomic mass is 35.5. The van der Waals surface area contributed by atoms with Crippen LogP contribution in [0.25, 0.3) is 0 Å². The third-order valence-corrected chi connectivity index (χ3v) is 4.36. The minimum atomic E-state index is 0.0708. The molecule has 0 saturated carbocycles. The molecule has 3 rings (SSSR count). The molecule has 1 aliphatic heterocycles. The van der Waals surface area contributed by atoms with E-state index in [1.54, 1.807) is 19.5 Å². The molecule has 2 heterocycles. The average Bonchev–Trinajstić information content (AvgIpc) is 3.12. The van der Waals surface area contributed by atoms with Crippen molar-refractivity contribution in [2.24, 2.45) is 7.05 Å². The number of ether oxygens (including phenoxy) is 1. The molecule has 0 unspecified atom stereocenters. The van der Waals surface area contributed by atoms with Crippen molar-refractivity contribution in [1.82, 2.24) is 14.8 Å². The van der Waals surface area contributed by atoms with E-state index in [-0.39, 0.29) is 12.1 Å². The highest BCUT2D eigenvalue weighted by Crippen LogP contribution is 2.37. The van der Waals surface area contributed by atoms with Gasteiger partial charge in [0.1, 0.15) is 12.4 Å². The number of nitrogens with zero attached hydrogens (tertiary/aromatic N) is 5. The summed E-state index contributed by atoms with van der Waals surface area (Å²) in [4.78, 5) is 2.20. The topological polar surface area (TPSA) is 67.0 Å². The minimum absolute atomic E-state index is 0.0708. The molecule has 0 N–H and O–H groups in total. The quantitative estimate of drug-likeness (QED) is 0.869. The Kier molecular flexibility index (Phi) is 4.01. The van der Waals surface area contributed by atoms with Gasteiger partial charge in [-0.15, -0.1) is 10.2 Å². The van der Waals surface area contributed by atoms with E-state index in [0.29, 0.717) is 10.6 Å². The zero-order valence-electron chi connectivity index (χ0n) is 12.4. The van der Waals surface area contributed by atoms with Crippen molar-refractivity contribution in [2.45, 2.75) is 18.6 Å². The van der Waals surface area contributed by atoms with E-state index in [0.717, 1.165) is 24.5 Å².